The Balaban J connectivity index is 1.56. The number of carbonyl (C=O) groups is 3. The number of amides is 4. The number of aromatic hydroxyl groups is 1. The van der Waals surface area contributed by atoms with E-state index in [-0.39, 0.29) is 24.2 Å². The summed E-state index contributed by atoms with van der Waals surface area (Å²) in [6, 6.07) is 12.1. The summed E-state index contributed by atoms with van der Waals surface area (Å²) >= 11 is 0. The van der Waals surface area contributed by atoms with Crippen molar-refractivity contribution in [2.75, 3.05) is 12.4 Å². The second-order valence-electron chi connectivity index (χ2n) is 7.86. The summed E-state index contributed by atoms with van der Waals surface area (Å²) in [5.74, 6) is -0.763. The second kappa shape index (κ2) is 8.14. The molecule has 0 saturated carbocycles. The number of anilines is 1. The van der Waals surface area contributed by atoms with E-state index in [1.807, 2.05) is 37.3 Å². The van der Waals surface area contributed by atoms with Crippen LogP contribution in [0.4, 0.5) is 10.5 Å². The first kappa shape index (κ1) is 20.5. The number of rotatable bonds is 4. The largest absolute Gasteiger partial charge is 0.494 e. The highest BCUT2D eigenvalue weighted by atomic mass is 16.3. The van der Waals surface area contributed by atoms with Crippen LogP contribution in [0.3, 0.4) is 0 Å². The van der Waals surface area contributed by atoms with Crippen molar-refractivity contribution in [2.45, 2.75) is 32.4 Å². The Morgan fingerprint density at radius 1 is 1.19 bits per heavy atom. The molecule has 0 bridgehead atoms. The fourth-order valence-electron chi connectivity index (χ4n) is 3.81. The fourth-order valence-corrected chi connectivity index (χ4v) is 3.81. The SMILES string of the molecule is Cc1ccc(NC(=O)N(C)Cc2cccc3c(O)n(C4CCC(=O)NC4=O)cc23)cc1. The molecule has 160 valence electrons. The number of nitrogens with zero attached hydrogens (tertiary/aromatic N) is 2. The van der Waals surface area contributed by atoms with Gasteiger partial charge in [0.2, 0.25) is 11.8 Å². The summed E-state index contributed by atoms with van der Waals surface area (Å²) < 4.78 is 1.50. The molecule has 2 aromatic carbocycles. The molecule has 0 radical (unpaired) electrons. The zero-order valence-corrected chi connectivity index (χ0v) is 17.4. The number of hydrogen-bond donors (Lipinski definition) is 3. The van der Waals surface area contributed by atoms with Crippen molar-refractivity contribution in [3.05, 3.63) is 59.8 Å². The van der Waals surface area contributed by atoms with Crippen LogP contribution in [0.5, 0.6) is 5.88 Å². The highest BCUT2D eigenvalue weighted by molar-refractivity contribution is 6.00. The minimum atomic E-state index is -0.652. The summed E-state index contributed by atoms with van der Waals surface area (Å²) in [4.78, 5) is 37.9. The monoisotopic (exact) mass is 420 g/mol. The third kappa shape index (κ3) is 4.09. The number of carbonyl (C=O) groups excluding carboxylic acids is 3. The van der Waals surface area contributed by atoms with Crippen molar-refractivity contribution in [3.8, 4) is 5.88 Å². The molecule has 2 heterocycles. The van der Waals surface area contributed by atoms with Gasteiger partial charge >= 0.3 is 6.03 Å². The van der Waals surface area contributed by atoms with Gasteiger partial charge in [0.15, 0.2) is 5.88 Å². The average molecular weight is 420 g/mol. The predicted octanol–water partition coefficient (Wildman–Crippen LogP) is 3.30. The van der Waals surface area contributed by atoms with E-state index in [1.165, 1.54) is 4.57 Å². The van der Waals surface area contributed by atoms with E-state index in [2.05, 4.69) is 10.6 Å². The molecule has 1 saturated heterocycles. The quantitative estimate of drug-likeness (QED) is 0.564. The summed E-state index contributed by atoms with van der Waals surface area (Å²) in [6.07, 6.45) is 2.26. The van der Waals surface area contributed by atoms with Gasteiger partial charge in [-0.3, -0.25) is 14.9 Å². The van der Waals surface area contributed by atoms with E-state index in [4.69, 9.17) is 0 Å². The van der Waals surface area contributed by atoms with Crippen LogP contribution in [-0.2, 0) is 16.1 Å². The molecule has 1 aliphatic heterocycles. The van der Waals surface area contributed by atoms with Crippen molar-refractivity contribution in [1.29, 1.82) is 0 Å². The normalized spacial score (nSPS) is 16.3. The Morgan fingerprint density at radius 2 is 1.94 bits per heavy atom. The Hall–Kier alpha value is -3.81. The molecular weight excluding hydrogens is 396 g/mol. The molecule has 3 aromatic rings. The fraction of sp³-hybridized carbons (Fsp3) is 0.261. The molecule has 3 N–H and O–H groups in total. The molecule has 0 spiro atoms. The molecule has 4 rings (SSSR count). The van der Waals surface area contributed by atoms with Gasteiger partial charge in [-0.2, -0.15) is 0 Å². The van der Waals surface area contributed by atoms with Crippen molar-refractivity contribution in [3.63, 3.8) is 0 Å². The number of urea groups is 1. The van der Waals surface area contributed by atoms with Crippen LogP contribution in [0, 0.1) is 6.92 Å². The zero-order chi connectivity index (χ0) is 22.1. The smallest absolute Gasteiger partial charge is 0.321 e. The van der Waals surface area contributed by atoms with Gasteiger partial charge in [-0.05, 0) is 37.1 Å². The average Bonchev–Trinajstić information content (AvgIpc) is 3.07. The minimum Gasteiger partial charge on any atom is -0.494 e. The Bertz CT molecular complexity index is 1170. The molecule has 0 aliphatic carbocycles. The first-order chi connectivity index (χ1) is 14.8. The van der Waals surface area contributed by atoms with Gasteiger partial charge in [0.05, 0.1) is 0 Å². The van der Waals surface area contributed by atoms with Crippen LogP contribution in [0.1, 0.15) is 30.0 Å². The van der Waals surface area contributed by atoms with Crippen molar-refractivity contribution in [2.24, 2.45) is 0 Å². The summed E-state index contributed by atoms with van der Waals surface area (Å²) in [6.45, 7) is 2.29. The summed E-state index contributed by atoms with van der Waals surface area (Å²) in [5, 5.41) is 17.2. The highest BCUT2D eigenvalue weighted by Crippen LogP contribution is 2.34. The van der Waals surface area contributed by atoms with E-state index >= 15 is 0 Å². The van der Waals surface area contributed by atoms with E-state index in [0.717, 1.165) is 16.5 Å². The maximum atomic E-state index is 12.6. The topological polar surface area (TPSA) is 104 Å². The standard InChI is InChI=1S/C23H24N4O4/c1-14-6-8-16(9-7-14)24-23(31)26(2)12-15-4-3-5-17-18(15)13-27(22(17)30)19-10-11-20(28)25-21(19)29/h3-9,13,19,30H,10-12H2,1-2H3,(H,24,31)(H,25,28,29). The highest BCUT2D eigenvalue weighted by Gasteiger charge is 2.30. The number of nitrogens with one attached hydrogen (secondary N) is 2. The summed E-state index contributed by atoms with van der Waals surface area (Å²) in [5.41, 5.74) is 2.65. The van der Waals surface area contributed by atoms with Gasteiger partial charge in [0, 0.05) is 42.7 Å². The zero-order valence-electron chi connectivity index (χ0n) is 17.4. The van der Waals surface area contributed by atoms with Crippen molar-refractivity contribution >= 4 is 34.3 Å². The third-order valence-corrected chi connectivity index (χ3v) is 5.55. The number of piperidine rings is 1. The van der Waals surface area contributed by atoms with E-state index < -0.39 is 11.9 Å². The molecule has 8 heteroatoms. The Labute approximate surface area is 179 Å². The molecule has 1 fully saturated rings. The van der Waals surface area contributed by atoms with Crippen LogP contribution in [0.25, 0.3) is 10.8 Å². The lowest BCUT2D eigenvalue weighted by atomic mass is 10.1. The number of hydrogen-bond acceptors (Lipinski definition) is 4. The minimum absolute atomic E-state index is 0.0295. The second-order valence-corrected chi connectivity index (χ2v) is 7.86. The van der Waals surface area contributed by atoms with Crippen molar-refractivity contribution in [1.82, 2.24) is 14.8 Å². The van der Waals surface area contributed by atoms with Crippen molar-refractivity contribution < 1.29 is 19.5 Å². The van der Waals surface area contributed by atoms with Gasteiger partial charge in [0.25, 0.3) is 0 Å². The predicted molar refractivity (Wildman–Crippen MR) is 117 cm³/mol. The molecule has 31 heavy (non-hydrogen) atoms. The van der Waals surface area contributed by atoms with Crippen LogP contribution in [0.2, 0.25) is 0 Å². The number of benzene rings is 2. The lowest BCUT2D eigenvalue weighted by Crippen LogP contribution is -2.41. The first-order valence-electron chi connectivity index (χ1n) is 10.1. The maximum absolute atomic E-state index is 12.6. The van der Waals surface area contributed by atoms with Gasteiger partial charge in [0.1, 0.15) is 6.04 Å². The molecule has 1 aliphatic rings. The summed E-state index contributed by atoms with van der Waals surface area (Å²) in [7, 11) is 1.69. The van der Waals surface area contributed by atoms with Crippen LogP contribution < -0.4 is 10.6 Å². The third-order valence-electron chi connectivity index (χ3n) is 5.55. The number of fused-ring (bicyclic) bond motifs is 1. The molecule has 1 unspecified atom stereocenters. The van der Waals surface area contributed by atoms with Gasteiger partial charge in [-0.25, -0.2) is 4.79 Å². The number of aryl methyl sites for hydroxylation is 1. The Morgan fingerprint density at radius 3 is 2.65 bits per heavy atom. The molecule has 4 amide bonds. The molecule has 8 nitrogen and oxygen atoms in total. The van der Waals surface area contributed by atoms with E-state index in [1.54, 1.807) is 30.3 Å². The molecule has 1 aromatic heterocycles. The van der Waals surface area contributed by atoms with Crippen LogP contribution >= 0.6 is 0 Å². The maximum Gasteiger partial charge on any atom is 0.321 e. The van der Waals surface area contributed by atoms with Crippen LogP contribution in [0.15, 0.2) is 48.7 Å². The Kier molecular flexibility index (Phi) is 5.37. The van der Waals surface area contributed by atoms with Gasteiger partial charge in [-0.1, -0.05) is 29.8 Å². The molecule has 1 atom stereocenters. The lowest BCUT2D eigenvalue weighted by Gasteiger charge is -2.22. The lowest BCUT2D eigenvalue weighted by molar-refractivity contribution is -0.135. The van der Waals surface area contributed by atoms with Gasteiger partial charge in [-0.15, -0.1) is 0 Å². The number of imide groups is 1. The first-order valence-corrected chi connectivity index (χ1v) is 10.1. The van der Waals surface area contributed by atoms with E-state index in [9.17, 15) is 19.5 Å². The number of aromatic nitrogens is 1. The van der Waals surface area contributed by atoms with Crippen LogP contribution in [-0.4, -0.2) is 39.5 Å². The van der Waals surface area contributed by atoms with Gasteiger partial charge < -0.3 is 19.9 Å². The molecular formula is C23H24N4O4. The van der Waals surface area contributed by atoms with E-state index in [0.29, 0.717) is 24.0 Å².